The van der Waals surface area contributed by atoms with Crippen LogP contribution in [0.25, 0.3) is 33.1 Å². The van der Waals surface area contributed by atoms with Gasteiger partial charge in [0.25, 0.3) is 0 Å². The van der Waals surface area contributed by atoms with Crippen molar-refractivity contribution in [3.63, 3.8) is 0 Å². The number of benzene rings is 2. The minimum atomic E-state index is 0.00966. The smallest absolute Gasteiger partial charge is 0.225 e. The molecule has 0 spiro atoms. The van der Waals surface area contributed by atoms with E-state index in [1.165, 1.54) is 26.8 Å². The number of nitrogens with zero attached hydrogens (tertiary/aromatic N) is 3. The summed E-state index contributed by atoms with van der Waals surface area (Å²) in [5, 5.41) is 6.02. The Morgan fingerprint density at radius 2 is 2.00 bits per heavy atom. The molecule has 26 heavy (non-hydrogen) atoms. The molecule has 0 aliphatic rings. The van der Waals surface area contributed by atoms with E-state index in [1.807, 2.05) is 36.6 Å². The van der Waals surface area contributed by atoms with Gasteiger partial charge in [-0.25, -0.2) is 9.97 Å². The highest BCUT2D eigenvalue weighted by Crippen LogP contribution is 2.30. The van der Waals surface area contributed by atoms with Gasteiger partial charge in [-0.1, -0.05) is 30.3 Å². The van der Waals surface area contributed by atoms with Crippen LogP contribution in [-0.2, 0) is 4.79 Å². The number of rotatable bonds is 4. The highest BCUT2D eigenvalue weighted by atomic mass is 32.1. The van der Waals surface area contributed by atoms with Crippen LogP contribution in [0, 0.1) is 0 Å². The minimum absolute atomic E-state index is 0.00966. The third kappa shape index (κ3) is 3.13. The number of amides is 1. The maximum absolute atomic E-state index is 11.6. The molecule has 2 aromatic carbocycles. The van der Waals surface area contributed by atoms with Crippen LogP contribution in [0.2, 0.25) is 0 Å². The van der Waals surface area contributed by atoms with Gasteiger partial charge in [0, 0.05) is 24.2 Å². The Labute approximate surface area is 159 Å². The predicted molar refractivity (Wildman–Crippen MR) is 112 cm³/mol. The van der Waals surface area contributed by atoms with Crippen LogP contribution >= 0.6 is 22.7 Å². The van der Waals surface area contributed by atoms with Crippen LogP contribution in [0.15, 0.2) is 41.8 Å². The number of fused-ring (bicyclic) bond motifs is 3. The lowest BCUT2D eigenvalue weighted by Crippen LogP contribution is -2.27. The molecule has 130 valence electrons. The van der Waals surface area contributed by atoms with Crippen molar-refractivity contribution in [2.75, 3.05) is 11.4 Å². The second-order valence-corrected chi connectivity index (χ2v) is 7.74. The van der Waals surface area contributed by atoms with Crippen molar-refractivity contribution in [3.05, 3.63) is 52.5 Å². The Bertz CT molecular complexity index is 1130. The van der Waals surface area contributed by atoms with Crippen LogP contribution < -0.4 is 4.90 Å². The van der Waals surface area contributed by atoms with Crippen molar-refractivity contribution in [1.82, 2.24) is 9.97 Å². The lowest BCUT2D eigenvalue weighted by Gasteiger charge is -2.14. The van der Waals surface area contributed by atoms with E-state index in [-0.39, 0.29) is 5.91 Å². The topological polar surface area (TPSA) is 46.1 Å². The fraction of sp³-hybridized carbons (Fsp3) is 0.150. The number of thiazole rings is 2. The third-order valence-corrected chi connectivity index (χ3v) is 6.00. The van der Waals surface area contributed by atoms with Crippen molar-refractivity contribution in [1.29, 1.82) is 0 Å². The third-order valence-electron chi connectivity index (χ3n) is 4.13. The van der Waals surface area contributed by atoms with Gasteiger partial charge in [0.1, 0.15) is 5.01 Å². The van der Waals surface area contributed by atoms with Gasteiger partial charge in [0.2, 0.25) is 5.91 Å². The Kier molecular flexibility index (Phi) is 4.53. The number of carbonyl (C=O) groups excluding carboxylic acids is 1. The van der Waals surface area contributed by atoms with Crippen LogP contribution in [0.3, 0.4) is 0 Å². The summed E-state index contributed by atoms with van der Waals surface area (Å²) in [5.41, 5.74) is 1.88. The SMILES string of the molecule is CCN(C(C)=O)c1nc(/C=C/c2nc3c(ccc4ccccc43)s2)cs1. The normalized spacial score (nSPS) is 11.6. The summed E-state index contributed by atoms with van der Waals surface area (Å²) in [4.78, 5) is 22.6. The first-order valence-corrected chi connectivity index (χ1v) is 10.1. The molecule has 2 heterocycles. The van der Waals surface area contributed by atoms with Crippen molar-refractivity contribution < 1.29 is 4.79 Å². The van der Waals surface area contributed by atoms with Gasteiger partial charge in [-0.3, -0.25) is 9.69 Å². The van der Waals surface area contributed by atoms with E-state index in [2.05, 4.69) is 29.2 Å². The molecular formula is C20H17N3OS2. The first kappa shape index (κ1) is 16.9. The predicted octanol–water partition coefficient (Wildman–Crippen LogP) is 5.45. The first-order chi connectivity index (χ1) is 12.7. The summed E-state index contributed by atoms with van der Waals surface area (Å²) in [6.07, 6.45) is 3.94. The number of anilines is 1. The van der Waals surface area contributed by atoms with E-state index in [0.717, 1.165) is 21.3 Å². The number of aromatic nitrogens is 2. The molecule has 4 nitrogen and oxygen atoms in total. The van der Waals surface area contributed by atoms with E-state index < -0.39 is 0 Å². The Morgan fingerprint density at radius 3 is 2.81 bits per heavy atom. The fourth-order valence-electron chi connectivity index (χ4n) is 2.88. The second kappa shape index (κ2) is 6.97. The molecule has 0 unspecified atom stereocenters. The Balaban J connectivity index is 1.64. The molecule has 0 atom stereocenters. The maximum atomic E-state index is 11.6. The van der Waals surface area contributed by atoms with E-state index in [0.29, 0.717) is 6.54 Å². The second-order valence-electron chi connectivity index (χ2n) is 5.84. The highest BCUT2D eigenvalue weighted by molar-refractivity contribution is 7.19. The first-order valence-electron chi connectivity index (χ1n) is 8.35. The van der Waals surface area contributed by atoms with Gasteiger partial charge in [0.05, 0.1) is 15.9 Å². The molecule has 2 aromatic heterocycles. The molecule has 0 saturated heterocycles. The number of carbonyl (C=O) groups is 1. The van der Waals surface area contributed by atoms with Gasteiger partial charge in [-0.2, -0.15) is 0 Å². The average Bonchev–Trinajstić information content (AvgIpc) is 3.27. The zero-order valence-electron chi connectivity index (χ0n) is 14.5. The quantitative estimate of drug-likeness (QED) is 0.474. The van der Waals surface area contributed by atoms with Gasteiger partial charge >= 0.3 is 0 Å². The van der Waals surface area contributed by atoms with E-state index in [4.69, 9.17) is 4.98 Å². The highest BCUT2D eigenvalue weighted by Gasteiger charge is 2.12. The summed E-state index contributed by atoms with van der Waals surface area (Å²) >= 11 is 3.15. The standard InChI is InChI=1S/C20H17N3OS2/c1-3-23(13(2)24)20-21-15(12-25-20)9-11-18-22-19-16-7-5-4-6-14(16)8-10-17(19)26-18/h4-12H,3H2,1-2H3/b11-9+. The van der Waals surface area contributed by atoms with Gasteiger partial charge < -0.3 is 0 Å². The number of hydrogen-bond donors (Lipinski definition) is 0. The zero-order chi connectivity index (χ0) is 18.1. The van der Waals surface area contributed by atoms with E-state index in [1.54, 1.807) is 23.2 Å². The van der Waals surface area contributed by atoms with Crippen molar-refractivity contribution in [3.8, 4) is 0 Å². The molecule has 0 aliphatic heterocycles. The zero-order valence-corrected chi connectivity index (χ0v) is 16.1. The molecule has 4 rings (SSSR count). The lowest BCUT2D eigenvalue weighted by atomic mass is 10.1. The van der Waals surface area contributed by atoms with Gasteiger partial charge in [-0.15, -0.1) is 22.7 Å². The molecule has 0 bridgehead atoms. The van der Waals surface area contributed by atoms with Gasteiger partial charge in [0.15, 0.2) is 5.13 Å². The van der Waals surface area contributed by atoms with E-state index >= 15 is 0 Å². The molecule has 1 amide bonds. The monoisotopic (exact) mass is 379 g/mol. The molecule has 0 fully saturated rings. The minimum Gasteiger partial charge on any atom is -0.289 e. The Morgan fingerprint density at radius 1 is 1.15 bits per heavy atom. The Hall–Kier alpha value is -2.57. The number of hydrogen-bond acceptors (Lipinski definition) is 5. The van der Waals surface area contributed by atoms with Crippen molar-refractivity contribution in [2.24, 2.45) is 0 Å². The lowest BCUT2D eigenvalue weighted by molar-refractivity contribution is -0.116. The van der Waals surface area contributed by atoms with Crippen LogP contribution in [0.5, 0.6) is 0 Å². The summed E-state index contributed by atoms with van der Waals surface area (Å²) in [5.74, 6) is 0.00966. The molecule has 4 aromatic rings. The molecular weight excluding hydrogens is 362 g/mol. The van der Waals surface area contributed by atoms with Crippen molar-refractivity contribution in [2.45, 2.75) is 13.8 Å². The molecule has 0 N–H and O–H groups in total. The molecule has 0 saturated carbocycles. The van der Waals surface area contributed by atoms with E-state index in [9.17, 15) is 4.79 Å². The summed E-state index contributed by atoms with van der Waals surface area (Å²) in [7, 11) is 0. The van der Waals surface area contributed by atoms with Gasteiger partial charge in [-0.05, 0) is 30.5 Å². The maximum Gasteiger partial charge on any atom is 0.225 e. The summed E-state index contributed by atoms with van der Waals surface area (Å²) in [6.45, 7) is 4.13. The van der Waals surface area contributed by atoms with Crippen LogP contribution in [-0.4, -0.2) is 22.4 Å². The average molecular weight is 380 g/mol. The summed E-state index contributed by atoms with van der Waals surface area (Å²) in [6, 6.07) is 12.6. The van der Waals surface area contributed by atoms with Crippen molar-refractivity contribution >= 4 is 66.9 Å². The molecule has 0 radical (unpaired) electrons. The largest absolute Gasteiger partial charge is 0.289 e. The molecule has 6 heteroatoms. The van der Waals surface area contributed by atoms with Crippen LogP contribution in [0.4, 0.5) is 5.13 Å². The van der Waals surface area contributed by atoms with Crippen LogP contribution in [0.1, 0.15) is 24.5 Å². The summed E-state index contributed by atoms with van der Waals surface area (Å²) < 4.78 is 1.18. The fourth-order valence-corrected chi connectivity index (χ4v) is 4.66. The molecule has 0 aliphatic carbocycles.